The number of ether oxygens (including phenoxy) is 1. The molecule has 1 aromatic heterocycles. The van der Waals surface area contributed by atoms with Crippen molar-refractivity contribution in [2.45, 2.75) is 6.92 Å². The summed E-state index contributed by atoms with van der Waals surface area (Å²) in [6.45, 7) is 7.05. The Hall–Kier alpha value is -2.08. The summed E-state index contributed by atoms with van der Waals surface area (Å²) in [6.07, 6.45) is 0. The Morgan fingerprint density at radius 3 is 2.28 bits per heavy atom. The van der Waals surface area contributed by atoms with Crippen LogP contribution >= 0.6 is 24.8 Å². The summed E-state index contributed by atoms with van der Waals surface area (Å²) in [5, 5.41) is 1.88. The molecule has 2 aromatic carbocycles. The van der Waals surface area contributed by atoms with Gasteiger partial charge in [-0.3, -0.25) is 0 Å². The summed E-state index contributed by atoms with van der Waals surface area (Å²) in [4.78, 5) is 9.64. The molecule has 0 atom stereocenters. The molecular formula is C22H26Cl2FN3O. The van der Waals surface area contributed by atoms with E-state index in [1.165, 1.54) is 6.07 Å². The van der Waals surface area contributed by atoms with E-state index in [4.69, 9.17) is 9.72 Å². The average molecular weight is 438 g/mol. The van der Waals surface area contributed by atoms with Crippen LogP contribution in [0.4, 0.5) is 10.2 Å². The SMILES string of the molecule is CCN1CCN(c2nc(-c3ccc(OC)cc3)cc3ccc(F)cc23)CC1.Cl.Cl. The van der Waals surface area contributed by atoms with E-state index in [-0.39, 0.29) is 30.6 Å². The number of hydrogen-bond acceptors (Lipinski definition) is 4. The van der Waals surface area contributed by atoms with Gasteiger partial charge in [0.2, 0.25) is 0 Å². The molecule has 0 bridgehead atoms. The van der Waals surface area contributed by atoms with Crippen molar-refractivity contribution in [2.24, 2.45) is 0 Å². The van der Waals surface area contributed by atoms with Crippen LogP contribution in [0.1, 0.15) is 6.92 Å². The second kappa shape index (κ2) is 10.1. The van der Waals surface area contributed by atoms with E-state index in [1.54, 1.807) is 13.2 Å². The number of aromatic nitrogens is 1. The van der Waals surface area contributed by atoms with Crippen LogP contribution in [0.2, 0.25) is 0 Å². The molecule has 1 saturated heterocycles. The molecule has 0 aliphatic carbocycles. The molecule has 3 aromatic rings. The standard InChI is InChI=1S/C22H24FN3O.2ClH/c1-3-25-10-12-26(13-11-25)22-20-15-18(23)7-4-17(20)14-21(24-22)16-5-8-19(27-2)9-6-16;;/h4-9,14-15H,3,10-13H2,1-2H3;2*1H. The second-order valence-electron chi connectivity index (χ2n) is 6.85. The first-order valence-corrected chi connectivity index (χ1v) is 9.40. The minimum atomic E-state index is -0.227. The molecule has 0 unspecified atom stereocenters. The highest BCUT2D eigenvalue weighted by atomic mass is 35.5. The molecule has 2 heterocycles. The van der Waals surface area contributed by atoms with E-state index in [0.717, 1.165) is 66.3 Å². The molecule has 0 amide bonds. The Morgan fingerprint density at radius 2 is 1.66 bits per heavy atom. The number of piperazine rings is 1. The van der Waals surface area contributed by atoms with Crippen LogP contribution < -0.4 is 9.64 Å². The molecule has 0 radical (unpaired) electrons. The van der Waals surface area contributed by atoms with Gasteiger partial charge in [-0.15, -0.1) is 24.8 Å². The van der Waals surface area contributed by atoms with Crippen molar-refractivity contribution in [3.05, 3.63) is 54.3 Å². The van der Waals surface area contributed by atoms with E-state index < -0.39 is 0 Å². The highest BCUT2D eigenvalue weighted by molar-refractivity contribution is 5.95. The van der Waals surface area contributed by atoms with Gasteiger partial charge in [0.05, 0.1) is 12.8 Å². The van der Waals surface area contributed by atoms with Gasteiger partial charge in [-0.25, -0.2) is 9.37 Å². The maximum atomic E-state index is 13.9. The topological polar surface area (TPSA) is 28.6 Å². The van der Waals surface area contributed by atoms with Gasteiger partial charge in [-0.1, -0.05) is 13.0 Å². The molecule has 4 nitrogen and oxygen atoms in total. The number of benzene rings is 2. The largest absolute Gasteiger partial charge is 0.497 e. The first-order chi connectivity index (χ1) is 13.2. The van der Waals surface area contributed by atoms with E-state index in [9.17, 15) is 4.39 Å². The van der Waals surface area contributed by atoms with Gasteiger partial charge in [0.25, 0.3) is 0 Å². The number of anilines is 1. The van der Waals surface area contributed by atoms with E-state index >= 15 is 0 Å². The molecule has 0 N–H and O–H groups in total. The van der Waals surface area contributed by atoms with Crippen LogP contribution in [0.3, 0.4) is 0 Å². The minimum absolute atomic E-state index is 0. The van der Waals surface area contributed by atoms with E-state index in [1.807, 2.05) is 36.4 Å². The quantitative estimate of drug-likeness (QED) is 0.571. The Labute approximate surface area is 183 Å². The summed E-state index contributed by atoms with van der Waals surface area (Å²) in [6, 6.07) is 14.9. The zero-order chi connectivity index (χ0) is 18.8. The van der Waals surface area contributed by atoms with Gasteiger partial charge in [-0.2, -0.15) is 0 Å². The smallest absolute Gasteiger partial charge is 0.137 e. The molecule has 1 aliphatic rings. The van der Waals surface area contributed by atoms with Crippen molar-refractivity contribution in [2.75, 3.05) is 44.7 Å². The van der Waals surface area contributed by atoms with Crippen molar-refractivity contribution in [3.8, 4) is 17.0 Å². The highest BCUT2D eigenvalue weighted by Crippen LogP contribution is 2.32. The third-order valence-electron chi connectivity index (χ3n) is 5.28. The Morgan fingerprint density at radius 1 is 0.966 bits per heavy atom. The van der Waals surface area contributed by atoms with Gasteiger partial charge in [-0.05, 0) is 54.4 Å². The van der Waals surface area contributed by atoms with Crippen molar-refractivity contribution in [1.29, 1.82) is 0 Å². The number of fused-ring (bicyclic) bond motifs is 1. The first-order valence-electron chi connectivity index (χ1n) is 9.40. The highest BCUT2D eigenvalue weighted by Gasteiger charge is 2.20. The molecule has 0 saturated carbocycles. The summed E-state index contributed by atoms with van der Waals surface area (Å²) in [5.41, 5.74) is 1.92. The van der Waals surface area contributed by atoms with Gasteiger partial charge in [0, 0.05) is 37.1 Å². The Balaban J connectivity index is 0.00000150. The van der Waals surface area contributed by atoms with E-state index in [2.05, 4.69) is 16.7 Å². The summed E-state index contributed by atoms with van der Waals surface area (Å²) in [5.74, 6) is 1.46. The molecule has 156 valence electrons. The number of halogens is 3. The summed E-state index contributed by atoms with van der Waals surface area (Å²) < 4.78 is 19.2. The van der Waals surface area contributed by atoms with Crippen molar-refractivity contribution in [1.82, 2.24) is 9.88 Å². The third kappa shape index (κ3) is 4.92. The fourth-order valence-electron chi connectivity index (χ4n) is 3.63. The van der Waals surface area contributed by atoms with Crippen molar-refractivity contribution in [3.63, 3.8) is 0 Å². The van der Waals surface area contributed by atoms with Gasteiger partial charge < -0.3 is 14.5 Å². The lowest BCUT2D eigenvalue weighted by Crippen LogP contribution is -2.46. The predicted octanol–water partition coefficient (Wildman–Crippen LogP) is 5.04. The third-order valence-corrected chi connectivity index (χ3v) is 5.28. The van der Waals surface area contributed by atoms with Crippen LogP contribution in [0, 0.1) is 5.82 Å². The predicted molar refractivity (Wildman–Crippen MR) is 123 cm³/mol. The van der Waals surface area contributed by atoms with Crippen LogP contribution in [0.15, 0.2) is 48.5 Å². The van der Waals surface area contributed by atoms with Crippen LogP contribution in [-0.4, -0.2) is 49.7 Å². The molecule has 7 heteroatoms. The van der Waals surface area contributed by atoms with Crippen molar-refractivity contribution < 1.29 is 9.13 Å². The monoisotopic (exact) mass is 437 g/mol. The van der Waals surface area contributed by atoms with Crippen LogP contribution in [-0.2, 0) is 0 Å². The molecule has 1 aliphatic heterocycles. The Kier molecular flexibility index (Phi) is 8.08. The molecule has 1 fully saturated rings. The maximum absolute atomic E-state index is 13.9. The number of nitrogens with zero attached hydrogens (tertiary/aromatic N) is 3. The first kappa shape index (κ1) is 23.2. The van der Waals surface area contributed by atoms with Crippen molar-refractivity contribution >= 4 is 41.4 Å². The van der Waals surface area contributed by atoms with Gasteiger partial charge in [0.15, 0.2) is 0 Å². The number of pyridine rings is 1. The average Bonchev–Trinajstić information content (AvgIpc) is 2.73. The van der Waals surface area contributed by atoms with E-state index in [0.29, 0.717) is 0 Å². The number of likely N-dealkylation sites (N-methyl/N-ethyl adjacent to an activating group) is 1. The Bertz CT molecular complexity index is 945. The number of methoxy groups -OCH3 is 1. The summed E-state index contributed by atoms with van der Waals surface area (Å²) in [7, 11) is 1.66. The molecular weight excluding hydrogens is 412 g/mol. The van der Waals surface area contributed by atoms with Crippen LogP contribution in [0.25, 0.3) is 22.0 Å². The summed E-state index contributed by atoms with van der Waals surface area (Å²) >= 11 is 0. The lowest BCUT2D eigenvalue weighted by atomic mass is 10.1. The molecule has 29 heavy (non-hydrogen) atoms. The maximum Gasteiger partial charge on any atom is 0.137 e. The zero-order valence-electron chi connectivity index (χ0n) is 16.6. The second-order valence-corrected chi connectivity index (χ2v) is 6.85. The molecule has 0 spiro atoms. The van der Waals surface area contributed by atoms with Gasteiger partial charge in [0.1, 0.15) is 17.4 Å². The molecule has 4 rings (SSSR count). The van der Waals surface area contributed by atoms with Gasteiger partial charge >= 0.3 is 0 Å². The van der Waals surface area contributed by atoms with Crippen LogP contribution in [0.5, 0.6) is 5.75 Å². The number of hydrogen-bond donors (Lipinski definition) is 0. The lowest BCUT2D eigenvalue weighted by molar-refractivity contribution is 0.271. The fourth-order valence-corrected chi connectivity index (χ4v) is 3.63. The zero-order valence-corrected chi connectivity index (χ0v) is 18.2. The lowest BCUT2D eigenvalue weighted by Gasteiger charge is -2.35. The minimum Gasteiger partial charge on any atom is -0.497 e. The number of rotatable bonds is 4. The fraction of sp³-hybridized carbons (Fsp3) is 0.318. The normalized spacial score (nSPS) is 14.2.